The van der Waals surface area contributed by atoms with Crippen LogP contribution in [0.1, 0.15) is 28.5 Å². The maximum Gasteiger partial charge on any atom is 0.469 e. The second kappa shape index (κ2) is 12.4. The van der Waals surface area contributed by atoms with E-state index in [9.17, 15) is 18.1 Å². The number of hydrogen-bond acceptors (Lipinski definition) is 8. The molecule has 0 aliphatic carbocycles. The van der Waals surface area contributed by atoms with Crippen molar-refractivity contribution in [2.45, 2.75) is 19.8 Å². The molecule has 3 N–H and O–H groups in total. The Morgan fingerprint density at radius 2 is 1.90 bits per heavy atom. The number of hydrogen-bond donors (Lipinski definition) is 3. The van der Waals surface area contributed by atoms with Gasteiger partial charge in [-0.05, 0) is 53.9 Å². The van der Waals surface area contributed by atoms with E-state index in [1.807, 2.05) is 24.0 Å². The third kappa shape index (κ3) is 8.03. The predicted molar refractivity (Wildman–Crippen MR) is 143 cm³/mol. The van der Waals surface area contributed by atoms with Gasteiger partial charge in [0.1, 0.15) is 18.1 Å². The van der Waals surface area contributed by atoms with Crippen molar-refractivity contribution >= 4 is 25.2 Å². The van der Waals surface area contributed by atoms with E-state index in [2.05, 4.69) is 19.8 Å². The highest BCUT2D eigenvalue weighted by Gasteiger charge is 2.27. The van der Waals surface area contributed by atoms with Crippen molar-refractivity contribution in [1.29, 1.82) is 0 Å². The van der Waals surface area contributed by atoms with E-state index in [0.29, 0.717) is 50.3 Å². The fourth-order valence-corrected chi connectivity index (χ4v) is 4.32. The molecule has 4 rings (SSSR count). The number of ether oxygens (including phenoxy) is 2. The highest BCUT2D eigenvalue weighted by molar-refractivity contribution is 7.46. The van der Waals surface area contributed by atoms with Gasteiger partial charge >= 0.3 is 7.82 Å². The van der Waals surface area contributed by atoms with E-state index < -0.39 is 25.3 Å². The molecule has 14 heteroatoms. The lowest BCUT2D eigenvalue weighted by Crippen LogP contribution is -2.36. The molecule has 3 heterocycles. The van der Waals surface area contributed by atoms with E-state index in [1.165, 1.54) is 12.3 Å². The van der Waals surface area contributed by atoms with Crippen molar-refractivity contribution in [1.82, 2.24) is 9.97 Å². The molecule has 40 heavy (non-hydrogen) atoms. The minimum Gasteiger partial charge on any atom is -0.475 e. The molecule has 0 spiro atoms. The van der Waals surface area contributed by atoms with Crippen LogP contribution in [0.3, 0.4) is 0 Å². The maximum atomic E-state index is 13.7. The van der Waals surface area contributed by atoms with Gasteiger partial charge in [-0.25, -0.2) is 4.57 Å². The number of phosphoric acid groups is 1. The van der Waals surface area contributed by atoms with Gasteiger partial charge in [-0.3, -0.25) is 14.3 Å². The number of alkyl halides is 2. The molecule has 1 saturated heterocycles. The van der Waals surface area contributed by atoms with E-state index in [-0.39, 0.29) is 24.7 Å². The molecule has 0 atom stereocenters. The number of carbonyl (C=O) groups is 1. The number of amides is 1. The van der Waals surface area contributed by atoms with Crippen LogP contribution in [-0.4, -0.2) is 65.2 Å². The van der Waals surface area contributed by atoms with Crippen LogP contribution >= 0.6 is 7.82 Å². The quantitative estimate of drug-likeness (QED) is 0.237. The topological polar surface area (TPSA) is 143 Å². The number of nitrogens with zero attached hydrogens (tertiary/aromatic N) is 3. The molecule has 0 unspecified atom stereocenters. The van der Waals surface area contributed by atoms with Gasteiger partial charge in [0.05, 0.1) is 19.8 Å². The van der Waals surface area contributed by atoms with Gasteiger partial charge in [0, 0.05) is 43.5 Å². The first-order chi connectivity index (χ1) is 18.9. The number of rotatable bonds is 10. The minimum atomic E-state index is -4.63. The second-order valence-electron chi connectivity index (χ2n) is 9.13. The molecule has 0 radical (unpaired) electrons. The Morgan fingerprint density at radius 1 is 1.15 bits per heavy atom. The lowest BCUT2D eigenvalue weighted by molar-refractivity contribution is 0.0127. The van der Waals surface area contributed by atoms with Crippen molar-refractivity contribution in [3.8, 4) is 17.0 Å². The van der Waals surface area contributed by atoms with Crippen molar-refractivity contribution in [3.05, 3.63) is 65.5 Å². The number of pyridine rings is 2. The normalized spacial score (nSPS) is 14.2. The smallest absolute Gasteiger partial charge is 0.469 e. The van der Waals surface area contributed by atoms with Gasteiger partial charge in [-0.2, -0.15) is 13.8 Å². The first-order valence-electron chi connectivity index (χ1n) is 12.3. The number of benzene rings is 1. The third-order valence-electron chi connectivity index (χ3n) is 5.99. The zero-order valence-corrected chi connectivity index (χ0v) is 22.7. The summed E-state index contributed by atoms with van der Waals surface area (Å²) in [6.45, 7) is 4.38. The van der Waals surface area contributed by atoms with E-state index in [0.717, 1.165) is 17.2 Å². The second-order valence-corrected chi connectivity index (χ2v) is 10.4. The Bertz CT molecular complexity index is 1410. The average molecular weight is 579 g/mol. The summed E-state index contributed by atoms with van der Waals surface area (Å²) in [6.07, 6.45) is 1.17. The van der Waals surface area contributed by atoms with E-state index >= 15 is 0 Å². The maximum absolute atomic E-state index is 13.7. The molecule has 2 aromatic heterocycles. The SMILES string of the molecule is Cc1ccc(NC(=O)c2ccnc(C(C)(F)F)c2)cc1-c1cc(OCCOP(=O)(O)O)nc(N2CCOCC2)c1. The number of aromatic nitrogens is 2. The summed E-state index contributed by atoms with van der Waals surface area (Å²) < 4.78 is 53.9. The van der Waals surface area contributed by atoms with Crippen molar-refractivity contribution in [3.63, 3.8) is 0 Å². The Morgan fingerprint density at radius 3 is 2.60 bits per heavy atom. The number of phosphoric ester groups is 1. The molecule has 1 aromatic carbocycles. The minimum absolute atomic E-state index is 0.0420. The molecule has 214 valence electrons. The summed E-state index contributed by atoms with van der Waals surface area (Å²) in [5.74, 6) is -2.92. The van der Waals surface area contributed by atoms with Crippen LogP contribution < -0.4 is 15.0 Å². The van der Waals surface area contributed by atoms with Gasteiger partial charge < -0.3 is 29.5 Å². The molecule has 1 aliphatic heterocycles. The van der Waals surface area contributed by atoms with E-state index in [1.54, 1.807) is 18.2 Å². The molecule has 3 aromatic rings. The Labute approximate surface area is 229 Å². The van der Waals surface area contributed by atoms with Crippen LogP contribution in [0.25, 0.3) is 11.1 Å². The number of anilines is 2. The summed E-state index contributed by atoms with van der Waals surface area (Å²) in [4.78, 5) is 40.9. The lowest BCUT2D eigenvalue weighted by Gasteiger charge is -2.28. The summed E-state index contributed by atoms with van der Waals surface area (Å²) >= 11 is 0. The zero-order valence-electron chi connectivity index (χ0n) is 21.8. The van der Waals surface area contributed by atoms with Crippen LogP contribution in [-0.2, 0) is 19.7 Å². The molecular weight excluding hydrogens is 549 g/mol. The van der Waals surface area contributed by atoms with Gasteiger partial charge in [0.25, 0.3) is 11.8 Å². The van der Waals surface area contributed by atoms with E-state index in [4.69, 9.17) is 19.3 Å². The zero-order chi connectivity index (χ0) is 28.9. The number of morpholine rings is 1. The number of aryl methyl sites for hydroxylation is 1. The Balaban J connectivity index is 1.61. The molecule has 1 fully saturated rings. The van der Waals surface area contributed by atoms with Crippen molar-refractivity contribution < 1.29 is 41.9 Å². The van der Waals surface area contributed by atoms with Crippen molar-refractivity contribution in [2.24, 2.45) is 0 Å². The number of carbonyl (C=O) groups excluding carboxylic acids is 1. The number of nitrogens with one attached hydrogen (secondary N) is 1. The van der Waals surface area contributed by atoms with Crippen molar-refractivity contribution in [2.75, 3.05) is 49.7 Å². The highest BCUT2D eigenvalue weighted by atomic mass is 31.2. The Kier molecular flexibility index (Phi) is 9.12. The standard InChI is InChI=1S/C26H29F2N4O7P/c1-17-3-4-20(30-25(33)18-5-6-29-22(13-18)26(2,27)28)16-21(17)19-14-23(32-7-9-37-10-8-32)31-24(15-19)38-11-12-39-40(34,35)36/h3-6,13-16H,7-12H2,1-2H3,(H,30,33)(H2,34,35,36). The Hall–Kier alpha value is -3.48. The summed E-state index contributed by atoms with van der Waals surface area (Å²) in [6, 6.07) is 11.2. The highest BCUT2D eigenvalue weighted by Crippen LogP contribution is 2.36. The summed E-state index contributed by atoms with van der Waals surface area (Å²) in [5.41, 5.74) is 2.32. The van der Waals surface area contributed by atoms with Crippen LogP contribution in [0.2, 0.25) is 0 Å². The predicted octanol–water partition coefficient (Wildman–Crippen LogP) is 4.14. The van der Waals surface area contributed by atoms with Gasteiger partial charge in [-0.15, -0.1) is 0 Å². The average Bonchev–Trinajstić information content (AvgIpc) is 2.91. The van der Waals surface area contributed by atoms with Gasteiger partial charge in [-0.1, -0.05) is 6.07 Å². The van der Waals surface area contributed by atoms with Crippen LogP contribution in [0.4, 0.5) is 20.3 Å². The third-order valence-corrected chi connectivity index (χ3v) is 6.51. The molecular formula is C26H29F2N4O7P. The molecule has 0 saturated carbocycles. The van der Waals surface area contributed by atoms with Crippen LogP contribution in [0, 0.1) is 6.92 Å². The molecule has 0 bridgehead atoms. The number of halogens is 2. The van der Waals surface area contributed by atoms with Crippen LogP contribution in [0.5, 0.6) is 5.88 Å². The molecule has 11 nitrogen and oxygen atoms in total. The fraction of sp³-hybridized carbons (Fsp3) is 0.346. The molecule has 1 amide bonds. The van der Waals surface area contributed by atoms with Gasteiger partial charge in [0.2, 0.25) is 5.88 Å². The van der Waals surface area contributed by atoms with Crippen LogP contribution in [0.15, 0.2) is 48.7 Å². The summed E-state index contributed by atoms with van der Waals surface area (Å²) in [5, 5.41) is 2.75. The fourth-order valence-electron chi connectivity index (χ4n) is 4.00. The first-order valence-corrected chi connectivity index (χ1v) is 13.9. The first kappa shape index (κ1) is 29.5. The summed E-state index contributed by atoms with van der Waals surface area (Å²) in [7, 11) is -4.63. The van der Waals surface area contributed by atoms with Gasteiger partial charge in [0.15, 0.2) is 0 Å². The molecule has 1 aliphatic rings. The monoisotopic (exact) mass is 578 g/mol. The largest absolute Gasteiger partial charge is 0.475 e. The lowest BCUT2D eigenvalue weighted by atomic mass is 10.00.